The third-order valence-corrected chi connectivity index (χ3v) is 8.32. The lowest BCUT2D eigenvalue weighted by Gasteiger charge is -2.35. The Morgan fingerprint density at radius 1 is 1.08 bits per heavy atom. The van der Waals surface area contributed by atoms with Crippen LogP contribution in [0.2, 0.25) is 17.6 Å². The Morgan fingerprint density at radius 2 is 1.50 bits per heavy atom. The van der Waals surface area contributed by atoms with Crippen LogP contribution in [0.1, 0.15) is 41.0 Å². The second-order valence-corrected chi connectivity index (χ2v) is 9.31. The molecule has 0 N–H and O–H groups in total. The average molecular weight is 188 g/mol. The summed E-state index contributed by atoms with van der Waals surface area (Å²) in [6.45, 7) is 14.7. The molecule has 0 radical (unpaired) electrons. The molecule has 0 atom stereocenters. The van der Waals surface area contributed by atoms with Gasteiger partial charge in [-0.3, -0.25) is 0 Å². The Morgan fingerprint density at radius 3 is 1.75 bits per heavy atom. The molecule has 0 unspecified atom stereocenters. The van der Waals surface area contributed by atoms with Crippen LogP contribution in [0.25, 0.3) is 0 Å². The largest absolute Gasteiger partial charge is 0.417 e. The van der Waals surface area contributed by atoms with Crippen LogP contribution in [0.15, 0.2) is 0 Å². The molecular formula is C10H24OSi. The highest BCUT2D eigenvalue weighted by Gasteiger charge is 2.36. The van der Waals surface area contributed by atoms with Crippen LogP contribution in [-0.2, 0) is 4.43 Å². The zero-order valence-electron chi connectivity index (χ0n) is 9.48. The summed E-state index contributed by atoms with van der Waals surface area (Å²) in [5, 5.41) is 0. The van der Waals surface area contributed by atoms with Gasteiger partial charge in [-0.2, -0.15) is 0 Å². The molecule has 0 saturated heterocycles. The topological polar surface area (TPSA) is 9.23 Å². The fraction of sp³-hybridized carbons (Fsp3) is 1.00. The Labute approximate surface area is 78.6 Å². The van der Waals surface area contributed by atoms with Crippen LogP contribution in [0.3, 0.4) is 0 Å². The molecule has 2 heteroatoms. The van der Waals surface area contributed by atoms with Crippen molar-refractivity contribution >= 4 is 8.32 Å². The minimum Gasteiger partial charge on any atom is -0.417 e. The van der Waals surface area contributed by atoms with Gasteiger partial charge in [0.15, 0.2) is 8.32 Å². The van der Waals surface area contributed by atoms with E-state index < -0.39 is 8.32 Å². The number of hydrogen-bond acceptors (Lipinski definition) is 1. The summed E-state index contributed by atoms with van der Waals surface area (Å²) in [5.41, 5.74) is 1.45. The summed E-state index contributed by atoms with van der Waals surface area (Å²) in [5.74, 6) is 0. The Bertz CT molecular complexity index is 113. The molecular weight excluding hydrogens is 164 g/mol. The molecule has 1 nitrogen and oxygen atoms in total. The standard InChI is InChI=1S/C10H24OSi/c1-7-8-11-12(6,9(2)3)10(4)5/h9-10H,7-8H2,1-6H3. The maximum absolute atomic E-state index is 6.04. The smallest absolute Gasteiger partial charge is 0.194 e. The van der Waals surface area contributed by atoms with Gasteiger partial charge in [-0.15, -0.1) is 0 Å². The van der Waals surface area contributed by atoms with E-state index in [1.54, 1.807) is 0 Å². The molecule has 0 aromatic carbocycles. The molecule has 0 aliphatic rings. The highest BCUT2D eigenvalue weighted by Crippen LogP contribution is 2.32. The fourth-order valence-electron chi connectivity index (χ4n) is 1.32. The SMILES string of the molecule is CCCO[Si](C)(C(C)C)C(C)C. The molecule has 74 valence electrons. The van der Waals surface area contributed by atoms with E-state index in [2.05, 4.69) is 41.2 Å². The maximum atomic E-state index is 6.04. The van der Waals surface area contributed by atoms with Gasteiger partial charge >= 0.3 is 0 Å². The van der Waals surface area contributed by atoms with Crippen molar-refractivity contribution in [3.8, 4) is 0 Å². The lowest BCUT2D eigenvalue weighted by Crippen LogP contribution is -2.41. The van der Waals surface area contributed by atoms with Gasteiger partial charge in [0.25, 0.3) is 0 Å². The van der Waals surface area contributed by atoms with Crippen molar-refractivity contribution in [2.24, 2.45) is 0 Å². The van der Waals surface area contributed by atoms with E-state index in [4.69, 9.17) is 4.43 Å². The third kappa shape index (κ3) is 2.90. The zero-order valence-corrected chi connectivity index (χ0v) is 10.5. The lowest BCUT2D eigenvalue weighted by atomic mass is 10.5. The predicted molar refractivity (Wildman–Crippen MR) is 58.1 cm³/mol. The van der Waals surface area contributed by atoms with E-state index in [1.807, 2.05) is 0 Å². The van der Waals surface area contributed by atoms with Gasteiger partial charge in [-0.05, 0) is 24.1 Å². The summed E-state index contributed by atoms with van der Waals surface area (Å²) in [7, 11) is -1.43. The highest BCUT2D eigenvalue weighted by molar-refractivity contribution is 6.75. The normalized spacial score (nSPS) is 13.0. The molecule has 12 heavy (non-hydrogen) atoms. The molecule has 0 aromatic rings. The van der Waals surface area contributed by atoms with E-state index >= 15 is 0 Å². The van der Waals surface area contributed by atoms with Gasteiger partial charge in [0.1, 0.15) is 0 Å². The van der Waals surface area contributed by atoms with Gasteiger partial charge in [0, 0.05) is 6.61 Å². The van der Waals surface area contributed by atoms with Crippen molar-refractivity contribution in [1.82, 2.24) is 0 Å². The van der Waals surface area contributed by atoms with Crippen LogP contribution < -0.4 is 0 Å². The molecule has 0 heterocycles. The van der Waals surface area contributed by atoms with Crippen molar-refractivity contribution in [2.75, 3.05) is 6.61 Å². The average Bonchev–Trinajstić information content (AvgIpc) is 1.99. The number of hydrogen-bond donors (Lipinski definition) is 0. The monoisotopic (exact) mass is 188 g/mol. The first-order valence-corrected chi connectivity index (χ1v) is 7.65. The first-order valence-electron chi connectivity index (χ1n) is 5.09. The Kier molecular flexibility index (Phi) is 5.10. The summed E-state index contributed by atoms with van der Waals surface area (Å²) in [6.07, 6.45) is 1.14. The van der Waals surface area contributed by atoms with Crippen LogP contribution >= 0.6 is 0 Å². The first-order chi connectivity index (χ1) is 5.45. The van der Waals surface area contributed by atoms with E-state index in [1.165, 1.54) is 0 Å². The van der Waals surface area contributed by atoms with E-state index in [0.29, 0.717) is 0 Å². The zero-order chi connectivity index (χ0) is 9.78. The van der Waals surface area contributed by atoms with E-state index in [0.717, 1.165) is 24.1 Å². The molecule has 0 saturated carbocycles. The van der Waals surface area contributed by atoms with Crippen molar-refractivity contribution < 1.29 is 4.43 Å². The fourth-order valence-corrected chi connectivity index (χ4v) is 3.97. The summed E-state index contributed by atoms with van der Waals surface area (Å²) in [4.78, 5) is 0. The minimum absolute atomic E-state index is 0.726. The molecule has 0 rings (SSSR count). The summed E-state index contributed by atoms with van der Waals surface area (Å²) >= 11 is 0. The second kappa shape index (κ2) is 5.03. The summed E-state index contributed by atoms with van der Waals surface area (Å²) < 4.78 is 6.04. The predicted octanol–water partition coefficient (Wildman–Crippen LogP) is 3.81. The Balaban J connectivity index is 4.19. The van der Waals surface area contributed by atoms with Crippen molar-refractivity contribution in [3.63, 3.8) is 0 Å². The molecule has 0 amide bonds. The van der Waals surface area contributed by atoms with Crippen LogP contribution in [0, 0.1) is 0 Å². The van der Waals surface area contributed by atoms with Gasteiger partial charge in [-0.1, -0.05) is 34.6 Å². The van der Waals surface area contributed by atoms with Crippen molar-refractivity contribution in [3.05, 3.63) is 0 Å². The summed E-state index contributed by atoms with van der Waals surface area (Å²) in [6, 6.07) is 0. The molecule has 0 bridgehead atoms. The quantitative estimate of drug-likeness (QED) is 0.596. The number of rotatable bonds is 5. The molecule has 0 aromatic heterocycles. The lowest BCUT2D eigenvalue weighted by molar-refractivity contribution is 0.289. The molecule has 0 aliphatic carbocycles. The maximum Gasteiger partial charge on any atom is 0.194 e. The van der Waals surface area contributed by atoms with Gasteiger partial charge in [0.2, 0.25) is 0 Å². The first kappa shape index (κ1) is 12.2. The van der Waals surface area contributed by atoms with Crippen LogP contribution in [0.4, 0.5) is 0 Å². The van der Waals surface area contributed by atoms with Crippen LogP contribution in [0.5, 0.6) is 0 Å². The third-order valence-electron chi connectivity index (χ3n) is 2.91. The molecule has 0 aliphatic heterocycles. The second-order valence-electron chi connectivity index (χ2n) is 4.34. The minimum atomic E-state index is -1.43. The molecule has 0 fully saturated rings. The van der Waals surface area contributed by atoms with E-state index in [9.17, 15) is 0 Å². The van der Waals surface area contributed by atoms with Crippen LogP contribution in [-0.4, -0.2) is 14.9 Å². The van der Waals surface area contributed by atoms with Crippen molar-refractivity contribution in [2.45, 2.75) is 58.7 Å². The van der Waals surface area contributed by atoms with E-state index in [-0.39, 0.29) is 0 Å². The van der Waals surface area contributed by atoms with Gasteiger partial charge < -0.3 is 4.43 Å². The molecule has 0 spiro atoms. The van der Waals surface area contributed by atoms with Crippen molar-refractivity contribution in [1.29, 1.82) is 0 Å². The van der Waals surface area contributed by atoms with Gasteiger partial charge in [-0.25, -0.2) is 0 Å². The Hall–Kier alpha value is 0.177. The van der Waals surface area contributed by atoms with Gasteiger partial charge in [0.05, 0.1) is 0 Å². The highest BCUT2D eigenvalue weighted by atomic mass is 28.4.